The van der Waals surface area contributed by atoms with Gasteiger partial charge in [0.2, 0.25) is 0 Å². The Morgan fingerprint density at radius 2 is 2.00 bits per heavy atom. The zero-order valence-electron chi connectivity index (χ0n) is 12.6. The molecule has 1 aromatic carbocycles. The largest absolute Gasteiger partial charge is 0.280 e. The molecule has 5 rings (SSSR count). The molecule has 4 aromatic rings. The second kappa shape index (κ2) is 4.83. The molecule has 24 heavy (non-hydrogen) atoms. The van der Waals surface area contributed by atoms with Crippen molar-refractivity contribution in [3.63, 3.8) is 0 Å². The van der Waals surface area contributed by atoms with Crippen LogP contribution in [0.5, 0.6) is 0 Å². The van der Waals surface area contributed by atoms with Gasteiger partial charge in [0.15, 0.2) is 5.65 Å². The standard InChI is InChI=1S/C17H13F2N5/c18-15(19)13-5-6-14-17(21-13)24(16(22-14)9-1-2-9)11-3-4-12-10(7-11)8-20-23-12/h3-9,15H,1-2H2,(H,20,23). The molecule has 1 N–H and O–H groups in total. The molecule has 0 unspecified atom stereocenters. The SMILES string of the molecule is FC(F)c1ccc2nc(C3CC3)n(-c3ccc4[nH]ncc4c3)c2n1. The number of aromatic nitrogens is 5. The van der Waals surface area contributed by atoms with Crippen molar-refractivity contribution in [2.24, 2.45) is 0 Å². The Kier molecular flexibility index (Phi) is 2.74. The predicted octanol–water partition coefficient (Wildman–Crippen LogP) is 4.11. The van der Waals surface area contributed by atoms with E-state index in [1.54, 1.807) is 12.3 Å². The maximum absolute atomic E-state index is 13.1. The molecule has 0 radical (unpaired) electrons. The predicted molar refractivity (Wildman–Crippen MR) is 85.4 cm³/mol. The summed E-state index contributed by atoms with van der Waals surface area (Å²) in [5.41, 5.74) is 2.70. The third-order valence-corrected chi connectivity index (χ3v) is 4.40. The zero-order chi connectivity index (χ0) is 16.3. The lowest BCUT2D eigenvalue weighted by atomic mass is 10.2. The molecule has 1 saturated carbocycles. The van der Waals surface area contributed by atoms with Crippen molar-refractivity contribution in [3.8, 4) is 5.69 Å². The fraction of sp³-hybridized carbons (Fsp3) is 0.235. The van der Waals surface area contributed by atoms with Crippen LogP contribution in [-0.4, -0.2) is 24.7 Å². The summed E-state index contributed by atoms with van der Waals surface area (Å²) in [4.78, 5) is 8.83. The molecule has 0 atom stereocenters. The lowest BCUT2D eigenvalue weighted by molar-refractivity contribution is 0.146. The normalized spacial score (nSPS) is 15.0. The van der Waals surface area contributed by atoms with Crippen molar-refractivity contribution >= 4 is 22.1 Å². The molecule has 3 heterocycles. The van der Waals surface area contributed by atoms with Crippen molar-refractivity contribution in [2.45, 2.75) is 25.2 Å². The smallest absolute Gasteiger partial charge is 0.280 e. The average molecular weight is 325 g/mol. The number of imidazole rings is 1. The van der Waals surface area contributed by atoms with Crippen LogP contribution in [0.15, 0.2) is 36.5 Å². The van der Waals surface area contributed by atoms with E-state index in [0.29, 0.717) is 17.1 Å². The minimum absolute atomic E-state index is 0.226. The summed E-state index contributed by atoms with van der Waals surface area (Å²) in [6.45, 7) is 0. The zero-order valence-corrected chi connectivity index (χ0v) is 12.6. The maximum Gasteiger partial charge on any atom is 0.280 e. The number of nitrogens with zero attached hydrogens (tertiary/aromatic N) is 4. The summed E-state index contributed by atoms with van der Waals surface area (Å²) in [5.74, 6) is 1.26. The van der Waals surface area contributed by atoms with E-state index in [2.05, 4.69) is 20.2 Å². The number of hydrogen-bond acceptors (Lipinski definition) is 3. The van der Waals surface area contributed by atoms with Gasteiger partial charge in [-0.3, -0.25) is 9.67 Å². The van der Waals surface area contributed by atoms with Gasteiger partial charge in [0.05, 0.1) is 11.7 Å². The van der Waals surface area contributed by atoms with Gasteiger partial charge in [-0.05, 0) is 43.2 Å². The first-order valence-corrected chi connectivity index (χ1v) is 7.81. The first-order chi connectivity index (χ1) is 11.7. The Morgan fingerprint density at radius 1 is 1.12 bits per heavy atom. The first-order valence-electron chi connectivity index (χ1n) is 7.81. The summed E-state index contributed by atoms with van der Waals surface area (Å²) < 4.78 is 28.0. The average Bonchev–Trinajstić information content (AvgIpc) is 3.20. The highest BCUT2D eigenvalue weighted by Gasteiger charge is 2.31. The molecular weight excluding hydrogens is 312 g/mol. The maximum atomic E-state index is 13.1. The number of alkyl halides is 2. The Hall–Kier alpha value is -2.83. The number of rotatable bonds is 3. The third kappa shape index (κ3) is 2.01. The second-order valence-electron chi connectivity index (χ2n) is 6.10. The Balaban J connectivity index is 1.80. The topological polar surface area (TPSA) is 59.4 Å². The summed E-state index contributed by atoms with van der Waals surface area (Å²) in [7, 11) is 0. The molecule has 0 bridgehead atoms. The van der Waals surface area contributed by atoms with E-state index in [9.17, 15) is 8.78 Å². The van der Waals surface area contributed by atoms with Crippen LogP contribution in [0.1, 0.15) is 36.7 Å². The molecule has 1 aliphatic rings. The van der Waals surface area contributed by atoms with Crippen LogP contribution in [0.2, 0.25) is 0 Å². The first kappa shape index (κ1) is 13.6. The highest BCUT2D eigenvalue weighted by Crippen LogP contribution is 2.41. The molecule has 0 aliphatic heterocycles. The number of H-pyrrole nitrogens is 1. The summed E-state index contributed by atoms with van der Waals surface area (Å²) >= 11 is 0. The second-order valence-corrected chi connectivity index (χ2v) is 6.10. The van der Waals surface area contributed by atoms with Crippen molar-refractivity contribution in [1.82, 2.24) is 24.7 Å². The number of benzene rings is 1. The fourth-order valence-electron chi connectivity index (χ4n) is 3.05. The molecule has 0 amide bonds. The van der Waals surface area contributed by atoms with Gasteiger partial charge >= 0.3 is 0 Å². The Labute approximate surface area is 135 Å². The molecule has 120 valence electrons. The summed E-state index contributed by atoms with van der Waals surface area (Å²) in [5, 5.41) is 7.90. The molecule has 0 saturated heterocycles. The van der Waals surface area contributed by atoms with E-state index >= 15 is 0 Å². The molecule has 5 nitrogen and oxygen atoms in total. The van der Waals surface area contributed by atoms with Crippen molar-refractivity contribution in [3.05, 3.63) is 48.0 Å². The number of hydrogen-bond donors (Lipinski definition) is 1. The van der Waals surface area contributed by atoms with Gasteiger partial charge in [-0.2, -0.15) is 5.10 Å². The van der Waals surface area contributed by atoms with Gasteiger partial charge in [-0.15, -0.1) is 0 Å². The van der Waals surface area contributed by atoms with Crippen LogP contribution >= 0.6 is 0 Å². The third-order valence-electron chi connectivity index (χ3n) is 4.40. The van der Waals surface area contributed by atoms with E-state index in [0.717, 1.165) is 35.3 Å². The molecule has 7 heteroatoms. The Morgan fingerprint density at radius 3 is 2.79 bits per heavy atom. The minimum Gasteiger partial charge on any atom is -0.280 e. The van der Waals surface area contributed by atoms with Crippen LogP contribution < -0.4 is 0 Å². The van der Waals surface area contributed by atoms with Gasteiger partial charge < -0.3 is 0 Å². The van der Waals surface area contributed by atoms with E-state index in [1.165, 1.54) is 6.07 Å². The number of aromatic amines is 1. The van der Waals surface area contributed by atoms with Crippen molar-refractivity contribution < 1.29 is 8.78 Å². The summed E-state index contributed by atoms with van der Waals surface area (Å²) in [6, 6.07) is 8.81. The lowest BCUT2D eigenvalue weighted by Gasteiger charge is -2.09. The quantitative estimate of drug-likeness (QED) is 0.616. The lowest BCUT2D eigenvalue weighted by Crippen LogP contribution is -2.02. The minimum atomic E-state index is -2.60. The molecular formula is C17H13F2N5. The fourth-order valence-corrected chi connectivity index (χ4v) is 3.05. The molecule has 3 aromatic heterocycles. The van der Waals surface area contributed by atoms with Gasteiger partial charge in [0.1, 0.15) is 17.0 Å². The van der Waals surface area contributed by atoms with E-state index in [1.807, 2.05) is 22.8 Å². The van der Waals surface area contributed by atoms with Crippen LogP contribution in [0.25, 0.3) is 27.8 Å². The van der Waals surface area contributed by atoms with Gasteiger partial charge in [0, 0.05) is 17.0 Å². The molecule has 0 spiro atoms. The van der Waals surface area contributed by atoms with Crippen molar-refractivity contribution in [2.75, 3.05) is 0 Å². The van der Waals surface area contributed by atoms with Crippen LogP contribution in [0.4, 0.5) is 8.78 Å². The highest BCUT2D eigenvalue weighted by atomic mass is 19.3. The number of nitrogens with one attached hydrogen (secondary N) is 1. The molecule has 1 aliphatic carbocycles. The molecule has 1 fully saturated rings. The number of fused-ring (bicyclic) bond motifs is 2. The van der Waals surface area contributed by atoms with Gasteiger partial charge in [-0.25, -0.2) is 18.7 Å². The Bertz CT molecular complexity index is 1060. The monoisotopic (exact) mass is 325 g/mol. The highest BCUT2D eigenvalue weighted by molar-refractivity contribution is 5.82. The summed E-state index contributed by atoms with van der Waals surface area (Å²) in [6.07, 6.45) is 1.28. The van der Waals surface area contributed by atoms with E-state index in [4.69, 9.17) is 0 Å². The number of pyridine rings is 1. The van der Waals surface area contributed by atoms with Gasteiger partial charge in [0.25, 0.3) is 6.43 Å². The van der Waals surface area contributed by atoms with E-state index in [-0.39, 0.29) is 5.69 Å². The van der Waals surface area contributed by atoms with Crippen molar-refractivity contribution in [1.29, 1.82) is 0 Å². The van der Waals surface area contributed by atoms with Crippen LogP contribution in [0.3, 0.4) is 0 Å². The van der Waals surface area contributed by atoms with Crippen LogP contribution in [-0.2, 0) is 0 Å². The van der Waals surface area contributed by atoms with Gasteiger partial charge in [-0.1, -0.05) is 0 Å². The number of halogens is 2. The van der Waals surface area contributed by atoms with E-state index < -0.39 is 6.43 Å². The van der Waals surface area contributed by atoms with Crippen LogP contribution in [0, 0.1) is 0 Å².